The Balaban J connectivity index is 2.92. The molecule has 0 aliphatic heterocycles. The Bertz CT molecular complexity index is 364. The number of carboxylic acids is 1. The molecule has 16 heavy (non-hydrogen) atoms. The van der Waals surface area contributed by atoms with Crippen LogP contribution >= 0.6 is 0 Å². The summed E-state index contributed by atoms with van der Waals surface area (Å²) in [5, 5.41) is 8.90. The fourth-order valence-corrected chi connectivity index (χ4v) is 1.55. The average molecular weight is 222 g/mol. The van der Waals surface area contributed by atoms with E-state index in [-0.39, 0.29) is 5.56 Å². The Kier molecular flexibility index (Phi) is 4.28. The molecule has 0 saturated heterocycles. The third kappa shape index (κ3) is 3.22. The first kappa shape index (κ1) is 12.5. The Morgan fingerprint density at radius 1 is 1.56 bits per heavy atom. The average Bonchev–Trinajstić information content (AvgIpc) is 2.25. The van der Waals surface area contributed by atoms with Gasteiger partial charge in [-0.25, -0.2) is 9.78 Å². The van der Waals surface area contributed by atoms with Crippen LogP contribution in [0.5, 0.6) is 0 Å². The largest absolute Gasteiger partial charge is 0.478 e. The normalized spacial score (nSPS) is 10.5. The van der Waals surface area contributed by atoms with Gasteiger partial charge in [0.15, 0.2) is 0 Å². The summed E-state index contributed by atoms with van der Waals surface area (Å²) in [6.07, 6.45) is 1.54. The van der Waals surface area contributed by atoms with E-state index in [1.165, 1.54) is 6.07 Å². The zero-order valence-corrected chi connectivity index (χ0v) is 9.97. The quantitative estimate of drug-likeness (QED) is 0.830. The van der Waals surface area contributed by atoms with E-state index in [0.717, 1.165) is 18.9 Å². The van der Waals surface area contributed by atoms with E-state index in [0.29, 0.717) is 5.92 Å². The summed E-state index contributed by atoms with van der Waals surface area (Å²) < 4.78 is 0. The second-order valence-corrected chi connectivity index (χ2v) is 4.14. The Labute approximate surface area is 95.9 Å². The van der Waals surface area contributed by atoms with Crippen molar-refractivity contribution in [1.29, 1.82) is 0 Å². The predicted octanol–water partition coefficient (Wildman–Crippen LogP) is 2.26. The van der Waals surface area contributed by atoms with Crippen LogP contribution in [0.3, 0.4) is 0 Å². The number of carboxylic acid groups (broad SMARTS) is 1. The molecule has 0 radical (unpaired) electrons. The predicted molar refractivity (Wildman–Crippen MR) is 63.9 cm³/mol. The van der Waals surface area contributed by atoms with Crippen LogP contribution < -0.4 is 4.90 Å². The van der Waals surface area contributed by atoms with Crippen molar-refractivity contribution in [3.8, 4) is 0 Å². The van der Waals surface area contributed by atoms with Crippen LogP contribution in [0.25, 0.3) is 0 Å². The van der Waals surface area contributed by atoms with Crippen molar-refractivity contribution >= 4 is 11.8 Å². The van der Waals surface area contributed by atoms with Crippen molar-refractivity contribution in [2.24, 2.45) is 5.92 Å². The number of carbonyl (C=O) groups is 1. The van der Waals surface area contributed by atoms with Gasteiger partial charge in [0.25, 0.3) is 0 Å². The standard InChI is InChI=1S/C12H18N2O2/c1-4-14(8-9(2)3)11-7-10(12(15)16)5-6-13-11/h5-7,9H,4,8H2,1-3H3,(H,15,16). The second-order valence-electron chi connectivity index (χ2n) is 4.14. The smallest absolute Gasteiger partial charge is 0.335 e. The highest BCUT2D eigenvalue weighted by molar-refractivity contribution is 5.88. The van der Waals surface area contributed by atoms with Crippen LogP contribution in [-0.2, 0) is 0 Å². The van der Waals surface area contributed by atoms with E-state index in [1.54, 1.807) is 12.3 Å². The van der Waals surface area contributed by atoms with E-state index in [9.17, 15) is 4.79 Å². The molecule has 0 amide bonds. The maximum Gasteiger partial charge on any atom is 0.335 e. The lowest BCUT2D eigenvalue weighted by Crippen LogP contribution is -2.28. The summed E-state index contributed by atoms with van der Waals surface area (Å²) in [5.41, 5.74) is 0.284. The molecule has 1 aromatic rings. The van der Waals surface area contributed by atoms with Crippen molar-refractivity contribution in [3.63, 3.8) is 0 Å². The maximum atomic E-state index is 10.8. The number of hydrogen-bond donors (Lipinski definition) is 1. The van der Waals surface area contributed by atoms with Gasteiger partial charge in [-0.2, -0.15) is 0 Å². The zero-order chi connectivity index (χ0) is 12.1. The Hall–Kier alpha value is -1.58. The Morgan fingerprint density at radius 3 is 2.75 bits per heavy atom. The molecular formula is C12H18N2O2. The molecule has 0 aliphatic carbocycles. The number of aromatic carboxylic acids is 1. The van der Waals surface area contributed by atoms with Crippen molar-refractivity contribution in [3.05, 3.63) is 23.9 Å². The fraction of sp³-hybridized carbons (Fsp3) is 0.500. The molecule has 0 fully saturated rings. The monoisotopic (exact) mass is 222 g/mol. The molecule has 1 heterocycles. The van der Waals surface area contributed by atoms with Gasteiger partial charge in [-0.3, -0.25) is 0 Å². The van der Waals surface area contributed by atoms with Crippen LogP contribution in [0.15, 0.2) is 18.3 Å². The highest BCUT2D eigenvalue weighted by Gasteiger charge is 2.10. The molecular weight excluding hydrogens is 204 g/mol. The van der Waals surface area contributed by atoms with Crippen LogP contribution in [-0.4, -0.2) is 29.1 Å². The molecule has 1 rings (SSSR count). The van der Waals surface area contributed by atoms with Gasteiger partial charge < -0.3 is 10.0 Å². The highest BCUT2D eigenvalue weighted by atomic mass is 16.4. The zero-order valence-electron chi connectivity index (χ0n) is 9.97. The summed E-state index contributed by atoms with van der Waals surface area (Å²) in [6.45, 7) is 8.01. The molecule has 1 N–H and O–H groups in total. The molecule has 1 aromatic heterocycles. The van der Waals surface area contributed by atoms with E-state index in [2.05, 4.69) is 23.7 Å². The molecule has 0 saturated carbocycles. The number of pyridine rings is 1. The summed E-state index contributed by atoms with van der Waals surface area (Å²) in [7, 11) is 0. The van der Waals surface area contributed by atoms with Gasteiger partial charge in [0.2, 0.25) is 0 Å². The van der Waals surface area contributed by atoms with Crippen LogP contribution in [0.2, 0.25) is 0 Å². The van der Waals surface area contributed by atoms with Crippen LogP contribution in [0.4, 0.5) is 5.82 Å². The number of aromatic nitrogens is 1. The third-order valence-electron chi connectivity index (χ3n) is 2.28. The molecule has 0 aromatic carbocycles. The van der Waals surface area contributed by atoms with Gasteiger partial charge in [0.05, 0.1) is 5.56 Å². The lowest BCUT2D eigenvalue weighted by Gasteiger charge is -2.24. The first-order chi connectivity index (χ1) is 7.54. The minimum absolute atomic E-state index is 0.284. The topological polar surface area (TPSA) is 53.4 Å². The van der Waals surface area contributed by atoms with Gasteiger partial charge in [0.1, 0.15) is 5.82 Å². The van der Waals surface area contributed by atoms with E-state index in [4.69, 9.17) is 5.11 Å². The number of anilines is 1. The summed E-state index contributed by atoms with van der Waals surface area (Å²) in [4.78, 5) is 17.1. The third-order valence-corrected chi connectivity index (χ3v) is 2.28. The minimum Gasteiger partial charge on any atom is -0.478 e. The van der Waals surface area contributed by atoms with Crippen LogP contribution in [0, 0.1) is 5.92 Å². The molecule has 0 atom stereocenters. The number of hydrogen-bond acceptors (Lipinski definition) is 3. The second kappa shape index (κ2) is 5.49. The highest BCUT2D eigenvalue weighted by Crippen LogP contribution is 2.14. The molecule has 4 nitrogen and oxygen atoms in total. The van der Waals surface area contributed by atoms with Crippen molar-refractivity contribution in [2.75, 3.05) is 18.0 Å². The Morgan fingerprint density at radius 2 is 2.25 bits per heavy atom. The maximum absolute atomic E-state index is 10.8. The summed E-state index contributed by atoms with van der Waals surface area (Å²) >= 11 is 0. The van der Waals surface area contributed by atoms with Gasteiger partial charge in [-0.05, 0) is 25.0 Å². The van der Waals surface area contributed by atoms with Gasteiger partial charge in [0, 0.05) is 19.3 Å². The van der Waals surface area contributed by atoms with Crippen molar-refractivity contribution in [2.45, 2.75) is 20.8 Å². The first-order valence-corrected chi connectivity index (χ1v) is 5.49. The van der Waals surface area contributed by atoms with Crippen molar-refractivity contribution < 1.29 is 9.90 Å². The minimum atomic E-state index is -0.913. The van der Waals surface area contributed by atoms with E-state index < -0.39 is 5.97 Å². The fourth-order valence-electron chi connectivity index (χ4n) is 1.55. The lowest BCUT2D eigenvalue weighted by atomic mass is 10.2. The van der Waals surface area contributed by atoms with Gasteiger partial charge in [-0.1, -0.05) is 13.8 Å². The number of nitrogens with zero attached hydrogens (tertiary/aromatic N) is 2. The molecule has 0 unspecified atom stereocenters. The SMILES string of the molecule is CCN(CC(C)C)c1cc(C(=O)O)ccn1. The number of rotatable bonds is 5. The van der Waals surface area contributed by atoms with Gasteiger partial charge >= 0.3 is 5.97 Å². The van der Waals surface area contributed by atoms with Gasteiger partial charge in [-0.15, -0.1) is 0 Å². The lowest BCUT2D eigenvalue weighted by molar-refractivity contribution is 0.0697. The molecule has 4 heteroatoms. The molecule has 0 aliphatic rings. The van der Waals surface area contributed by atoms with Crippen LogP contribution in [0.1, 0.15) is 31.1 Å². The summed E-state index contributed by atoms with van der Waals surface area (Å²) in [6, 6.07) is 3.13. The molecule has 0 bridgehead atoms. The van der Waals surface area contributed by atoms with Crippen molar-refractivity contribution in [1.82, 2.24) is 4.98 Å². The van der Waals surface area contributed by atoms with E-state index in [1.807, 2.05) is 6.92 Å². The molecule has 0 spiro atoms. The van der Waals surface area contributed by atoms with E-state index >= 15 is 0 Å². The molecule has 88 valence electrons. The first-order valence-electron chi connectivity index (χ1n) is 5.49. The summed E-state index contributed by atoms with van der Waals surface area (Å²) in [5.74, 6) is 0.343.